The first-order chi connectivity index (χ1) is 10.8. The van der Waals surface area contributed by atoms with Crippen molar-refractivity contribution in [3.63, 3.8) is 0 Å². The second-order valence-corrected chi connectivity index (χ2v) is 5.77. The van der Waals surface area contributed by atoms with Gasteiger partial charge in [-0.3, -0.25) is 9.59 Å². The van der Waals surface area contributed by atoms with Gasteiger partial charge in [0.05, 0.1) is 11.6 Å². The Labute approximate surface area is 135 Å². The topological polar surface area (TPSA) is 71.3 Å². The third kappa shape index (κ3) is 3.44. The van der Waals surface area contributed by atoms with Crippen LogP contribution in [-0.2, 0) is 4.79 Å². The van der Waals surface area contributed by atoms with Crippen LogP contribution in [0.5, 0.6) is 0 Å². The molecular weight excluding hydrogens is 292 g/mol. The summed E-state index contributed by atoms with van der Waals surface area (Å²) in [5.74, 6) is -1.41. The summed E-state index contributed by atoms with van der Waals surface area (Å²) >= 11 is 0. The predicted octanol–water partition coefficient (Wildman–Crippen LogP) is 2.92. The van der Waals surface area contributed by atoms with Crippen LogP contribution >= 0.6 is 0 Å². The van der Waals surface area contributed by atoms with Gasteiger partial charge in [-0.25, -0.2) is 0 Å². The fourth-order valence-corrected chi connectivity index (χ4v) is 2.82. The van der Waals surface area contributed by atoms with Crippen LogP contribution in [0, 0.1) is 13.8 Å². The lowest BCUT2D eigenvalue weighted by atomic mass is 10.1. The molecule has 5 nitrogen and oxygen atoms in total. The zero-order chi connectivity index (χ0) is 17.1. The van der Waals surface area contributed by atoms with Gasteiger partial charge in [-0.05, 0) is 39.3 Å². The van der Waals surface area contributed by atoms with Gasteiger partial charge in [-0.2, -0.15) is 0 Å². The molecule has 1 unspecified atom stereocenters. The average Bonchev–Trinajstić information content (AvgIpc) is 2.82. The highest BCUT2D eigenvalue weighted by Crippen LogP contribution is 2.25. The summed E-state index contributed by atoms with van der Waals surface area (Å²) in [6.07, 6.45) is 0. The molecule has 0 aliphatic heterocycles. The molecule has 23 heavy (non-hydrogen) atoms. The van der Waals surface area contributed by atoms with E-state index in [0.717, 1.165) is 17.0 Å². The number of rotatable bonds is 5. The molecule has 1 aromatic heterocycles. The number of carboxylic acids is 1. The Bertz CT molecular complexity index is 719. The lowest BCUT2D eigenvalue weighted by Gasteiger charge is -2.19. The van der Waals surface area contributed by atoms with E-state index in [4.69, 9.17) is 5.11 Å². The molecule has 2 rings (SSSR count). The molecule has 2 N–H and O–H groups in total. The number of hydrogen-bond acceptors (Lipinski definition) is 2. The minimum atomic E-state index is -1.05. The average molecular weight is 314 g/mol. The van der Waals surface area contributed by atoms with Gasteiger partial charge < -0.3 is 15.0 Å². The molecule has 0 saturated carbocycles. The molecule has 2 aromatic rings. The van der Waals surface area contributed by atoms with E-state index in [9.17, 15) is 9.59 Å². The number of carbonyl (C=O) groups is 2. The molecule has 0 aliphatic carbocycles. The maximum Gasteiger partial charge on any atom is 0.325 e. The van der Waals surface area contributed by atoms with Crippen molar-refractivity contribution < 1.29 is 14.7 Å². The van der Waals surface area contributed by atoms with Gasteiger partial charge in [0.2, 0.25) is 0 Å². The summed E-state index contributed by atoms with van der Waals surface area (Å²) < 4.78 is 2.09. The first-order valence-electron chi connectivity index (χ1n) is 7.60. The van der Waals surface area contributed by atoms with Crippen molar-refractivity contribution in [2.24, 2.45) is 0 Å². The molecule has 0 bridgehead atoms. The summed E-state index contributed by atoms with van der Waals surface area (Å²) in [6.45, 7) is 7.36. The van der Waals surface area contributed by atoms with Crippen molar-refractivity contribution in [1.29, 1.82) is 0 Å². The van der Waals surface area contributed by atoms with Crippen LogP contribution in [0.25, 0.3) is 0 Å². The van der Waals surface area contributed by atoms with Gasteiger partial charge >= 0.3 is 5.97 Å². The second-order valence-electron chi connectivity index (χ2n) is 5.77. The third-order valence-corrected chi connectivity index (χ3v) is 4.12. The Morgan fingerprint density at radius 1 is 1.13 bits per heavy atom. The summed E-state index contributed by atoms with van der Waals surface area (Å²) in [5.41, 5.74) is 3.46. The SMILES string of the molecule is Cc1cc(C(=O)N[C@H](C)C(=O)O)c(C)n1C(C)c1ccccc1. The van der Waals surface area contributed by atoms with E-state index < -0.39 is 12.0 Å². The van der Waals surface area contributed by atoms with Crippen LogP contribution < -0.4 is 5.32 Å². The van der Waals surface area contributed by atoms with E-state index in [2.05, 4.69) is 28.9 Å². The normalized spacial score (nSPS) is 13.4. The lowest BCUT2D eigenvalue weighted by molar-refractivity contribution is -0.138. The molecule has 2 atom stereocenters. The van der Waals surface area contributed by atoms with Crippen LogP contribution in [0.2, 0.25) is 0 Å². The highest BCUT2D eigenvalue weighted by atomic mass is 16.4. The molecule has 0 fully saturated rings. The smallest absolute Gasteiger partial charge is 0.325 e. The van der Waals surface area contributed by atoms with Gasteiger partial charge in [0, 0.05) is 11.4 Å². The van der Waals surface area contributed by atoms with E-state index >= 15 is 0 Å². The fourth-order valence-electron chi connectivity index (χ4n) is 2.82. The maximum absolute atomic E-state index is 12.3. The van der Waals surface area contributed by atoms with Crippen molar-refractivity contribution >= 4 is 11.9 Å². The second kappa shape index (κ2) is 6.69. The highest BCUT2D eigenvalue weighted by Gasteiger charge is 2.22. The van der Waals surface area contributed by atoms with Gasteiger partial charge in [-0.1, -0.05) is 30.3 Å². The van der Waals surface area contributed by atoms with Crippen molar-refractivity contribution in [3.05, 3.63) is 58.9 Å². The lowest BCUT2D eigenvalue weighted by Crippen LogP contribution is -2.38. The van der Waals surface area contributed by atoms with Crippen molar-refractivity contribution in [3.8, 4) is 0 Å². The highest BCUT2D eigenvalue weighted by molar-refractivity contribution is 5.97. The number of amides is 1. The van der Waals surface area contributed by atoms with E-state index in [-0.39, 0.29) is 11.9 Å². The zero-order valence-corrected chi connectivity index (χ0v) is 13.8. The molecule has 0 radical (unpaired) electrons. The number of aryl methyl sites for hydroxylation is 1. The molecule has 1 heterocycles. The third-order valence-electron chi connectivity index (χ3n) is 4.12. The van der Waals surface area contributed by atoms with Crippen LogP contribution in [0.15, 0.2) is 36.4 Å². The van der Waals surface area contributed by atoms with Gasteiger partial charge in [0.1, 0.15) is 6.04 Å². The van der Waals surface area contributed by atoms with Gasteiger partial charge in [0.25, 0.3) is 5.91 Å². The van der Waals surface area contributed by atoms with Crippen LogP contribution in [0.1, 0.15) is 47.2 Å². The summed E-state index contributed by atoms with van der Waals surface area (Å²) in [4.78, 5) is 23.2. The molecule has 1 amide bonds. The maximum atomic E-state index is 12.3. The summed E-state index contributed by atoms with van der Waals surface area (Å²) in [7, 11) is 0. The number of hydrogen-bond donors (Lipinski definition) is 2. The number of nitrogens with zero attached hydrogens (tertiary/aromatic N) is 1. The van der Waals surface area contributed by atoms with E-state index in [1.54, 1.807) is 6.07 Å². The number of carboxylic acid groups (broad SMARTS) is 1. The Hall–Kier alpha value is -2.56. The Kier molecular flexibility index (Phi) is 4.89. The summed E-state index contributed by atoms with van der Waals surface area (Å²) in [6, 6.07) is 11.0. The number of benzene rings is 1. The Balaban J connectivity index is 2.33. The largest absolute Gasteiger partial charge is 0.480 e. The van der Waals surface area contributed by atoms with Crippen LogP contribution in [0.4, 0.5) is 0 Å². The molecule has 0 spiro atoms. The molecule has 0 aliphatic rings. The first-order valence-corrected chi connectivity index (χ1v) is 7.60. The predicted molar refractivity (Wildman–Crippen MR) is 88.7 cm³/mol. The van der Waals surface area contributed by atoms with Crippen molar-refractivity contribution in [2.45, 2.75) is 39.8 Å². The van der Waals surface area contributed by atoms with Crippen molar-refractivity contribution in [2.75, 3.05) is 0 Å². The minimum Gasteiger partial charge on any atom is -0.480 e. The van der Waals surface area contributed by atoms with Gasteiger partial charge in [-0.15, -0.1) is 0 Å². The monoisotopic (exact) mass is 314 g/mol. The standard InChI is InChI=1S/C18H22N2O3/c1-11-10-16(17(21)19-12(2)18(22)23)14(4)20(11)13(3)15-8-6-5-7-9-15/h5-10,12-13H,1-4H3,(H,19,21)(H,22,23)/t12-,13?/m1/s1. The Morgan fingerprint density at radius 3 is 2.30 bits per heavy atom. The molecule has 122 valence electrons. The number of carbonyl (C=O) groups excluding carboxylic acids is 1. The fraction of sp³-hybridized carbons (Fsp3) is 0.333. The van der Waals surface area contributed by atoms with Crippen LogP contribution in [0.3, 0.4) is 0 Å². The first kappa shape index (κ1) is 16.8. The molecule has 1 aromatic carbocycles. The van der Waals surface area contributed by atoms with Crippen LogP contribution in [-0.4, -0.2) is 27.6 Å². The van der Waals surface area contributed by atoms with E-state index in [0.29, 0.717) is 5.56 Å². The van der Waals surface area contributed by atoms with Gasteiger partial charge in [0.15, 0.2) is 0 Å². The molecule has 5 heteroatoms. The molecule has 0 saturated heterocycles. The summed E-state index contributed by atoms with van der Waals surface area (Å²) in [5, 5.41) is 11.4. The quantitative estimate of drug-likeness (QED) is 0.891. The van der Waals surface area contributed by atoms with E-state index in [1.807, 2.05) is 32.0 Å². The number of aromatic nitrogens is 1. The molecular formula is C18H22N2O3. The van der Waals surface area contributed by atoms with Crippen molar-refractivity contribution in [1.82, 2.24) is 9.88 Å². The number of nitrogens with one attached hydrogen (secondary N) is 1. The minimum absolute atomic E-state index is 0.0923. The zero-order valence-electron chi connectivity index (χ0n) is 13.8. The van der Waals surface area contributed by atoms with E-state index in [1.165, 1.54) is 6.92 Å². The Morgan fingerprint density at radius 2 is 1.74 bits per heavy atom. The number of aliphatic carboxylic acids is 1.